The SMILES string of the molecule is CCCCCCCCCCc1ccncc1.CCCCCCCCCCc1ccncc1.[Br][W][Br].[N-]=O.[N-]=O. The number of hydrogen-bond donors (Lipinski definition) is 0. The number of nitroso groups, excluding NO2 is 2. The molecule has 0 saturated carbocycles. The van der Waals surface area contributed by atoms with Crippen LogP contribution < -0.4 is 0 Å². The zero-order valence-corrected chi connectivity index (χ0v) is 30.2. The van der Waals surface area contributed by atoms with Gasteiger partial charge < -0.3 is 21.0 Å². The molecule has 0 atom stereocenters. The summed E-state index contributed by atoms with van der Waals surface area (Å²) in [6.45, 7) is 4.55. The van der Waals surface area contributed by atoms with E-state index in [4.69, 9.17) is 21.0 Å². The van der Waals surface area contributed by atoms with E-state index < -0.39 is 0 Å². The number of unbranched alkanes of at least 4 members (excludes halogenated alkanes) is 14. The molecule has 9 heteroatoms. The molecule has 0 bridgehead atoms. The van der Waals surface area contributed by atoms with Gasteiger partial charge in [0.1, 0.15) is 0 Å². The van der Waals surface area contributed by atoms with Gasteiger partial charge in [-0.15, -0.1) is 0 Å². The molecule has 0 spiro atoms. The largest absolute Gasteiger partial charge is 0.577 e. The molecule has 0 aliphatic rings. The number of hydrogen-bond acceptors (Lipinski definition) is 4. The number of halogens is 2. The molecule has 0 saturated heterocycles. The van der Waals surface area contributed by atoms with Crippen molar-refractivity contribution in [1.82, 2.24) is 9.97 Å². The molecule has 0 fully saturated rings. The van der Waals surface area contributed by atoms with Crippen molar-refractivity contribution in [3.8, 4) is 0 Å². The van der Waals surface area contributed by atoms with Gasteiger partial charge in [-0.3, -0.25) is 9.97 Å². The summed E-state index contributed by atoms with van der Waals surface area (Å²) < 4.78 is 0. The zero-order valence-electron chi connectivity index (χ0n) is 24.1. The van der Waals surface area contributed by atoms with Crippen LogP contribution in [-0.4, -0.2) is 9.97 Å². The topological polar surface area (TPSA) is 105 Å². The summed E-state index contributed by atoms with van der Waals surface area (Å²) in [4.78, 5) is 22.6. The van der Waals surface area contributed by atoms with E-state index in [1.54, 1.807) is 0 Å². The predicted molar refractivity (Wildman–Crippen MR) is 172 cm³/mol. The van der Waals surface area contributed by atoms with E-state index >= 15 is 0 Å². The molecule has 0 radical (unpaired) electrons. The minimum atomic E-state index is -0.125. The minimum Gasteiger partial charge on any atom is -0.577 e. The van der Waals surface area contributed by atoms with Gasteiger partial charge in [0.25, 0.3) is 0 Å². The van der Waals surface area contributed by atoms with Gasteiger partial charge in [-0.25, -0.2) is 0 Å². The maximum absolute atomic E-state index is 7.25. The number of rotatable bonds is 18. The van der Waals surface area contributed by atoms with Gasteiger partial charge in [-0.1, -0.05) is 104 Å². The van der Waals surface area contributed by atoms with Crippen molar-refractivity contribution in [2.45, 2.75) is 129 Å². The molecule has 39 heavy (non-hydrogen) atoms. The monoisotopic (exact) mass is 840 g/mol. The first-order valence-electron chi connectivity index (χ1n) is 14.3. The van der Waals surface area contributed by atoms with Crippen LogP contribution in [-0.2, 0) is 27.3 Å². The molecule has 2 heterocycles. The Hall–Kier alpha value is -0.852. The van der Waals surface area contributed by atoms with Crippen LogP contribution in [0.2, 0.25) is 0 Å². The normalized spacial score (nSPS) is 9.33. The van der Waals surface area contributed by atoms with Crippen LogP contribution in [0.5, 0.6) is 0 Å². The Kier molecular flexibility index (Phi) is 45.5. The summed E-state index contributed by atoms with van der Waals surface area (Å²) in [5.74, 6) is 0. The predicted octanol–water partition coefficient (Wildman–Crippen LogP) is 11.9. The van der Waals surface area contributed by atoms with E-state index in [0.29, 0.717) is 0 Å². The third-order valence-corrected chi connectivity index (χ3v) is 6.14. The first-order valence-corrected chi connectivity index (χ1v) is 27.1. The van der Waals surface area contributed by atoms with Crippen molar-refractivity contribution < 1.29 is 14.5 Å². The van der Waals surface area contributed by atoms with Crippen molar-refractivity contribution in [3.63, 3.8) is 0 Å². The number of aryl methyl sites for hydroxylation is 2. The zero-order chi connectivity index (χ0) is 29.7. The van der Waals surface area contributed by atoms with Crippen LogP contribution >= 0.6 is 26.6 Å². The average molecular weight is 842 g/mol. The van der Waals surface area contributed by atoms with Crippen LogP contribution in [0.1, 0.15) is 128 Å². The molecule has 2 rings (SSSR count). The number of nitrogens with zero attached hydrogens (tertiary/aromatic N) is 4. The Bertz CT molecular complexity index is 619. The molecular weight excluding hydrogens is 792 g/mol. The van der Waals surface area contributed by atoms with Crippen molar-refractivity contribution >= 4 is 26.6 Å². The van der Waals surface area contributed by atoms with E-state index in [2.05, 4.69) is 74.7 Å². The smallest absolute Gasteiger partial charge is 0.423 e. The Morgan fingerprint density at radius 2 is 0.744 bits per heavy atom. The van der Waals surface area contributed by atoms with Gasteiger partial charge in [0.2, 0.25) is 0 Å². The number of pyridine rings is 2. The third-order valence-electron chi connectivity index (χ3n) is 6.14. The molecule has 0 unspecified atom stereocenters. The first kappa shape index (κ1) is 42.6. The fourth-order valence-electron chi connectivity index (χ4n) is 4.02. The molecule has 0 N–H and O–H groups in total. The molecule has 0 aliphatic heterocycles. The third kappa shape index (κ3) is 37.1. The van der Waals surface area contributed by atoms with Crippen molar-refractivity contribution in [2.75, 3.05) is 0 Å². The Balaban J connectivity index is -0.000000540. The molecule has 0 amide bonds. The fourth-order valence-corrected chi connectivity index (χ4v) is 4.02. The van der Waals surface area contributed by atoms with Gasteiger partial charge >= 0.3 is 41.0 Å². The van der Waals surface area contributed by atoms with Gasteiger partial charge in [0, 0.05) is 24.8 Å². The van der Waals surface area contributed by atoms with E-state index in [1.165, 1.54) is 127 Å². The Morgan fingerprint density at radius 3 is 1.00 bits per heavy atom. The second-order valence-electron chi connectivity index (χ2n) is 9.22. The van der Waals surface area contributed by atoms with E-state index in [9.17, 15) is 0 Å². The Labute approximate surface area is 260 Å². The molecular formula is C30H50Br2N4O2W-2. The number of aromatic nitrogens is 2. The van der Waals surface area contributed by atoms with E-state index in [-0.39, 0.29) is 14.5 Å². The standard InChI is InChI=1S/2C15H25N.2BrH.2NO.W/c2*1-2-3-4-5-6-7-8-9-10-15-11-13-16-14-12-15;;;2*1-2;/h2*11-14H,2-10H2,1H3;2*1H;;;/q;;;;2*-1;+2/p-2. The quantitative estimate of drug-likeness (QED) is 0.139. The van der Waals surface area contributed by atoms with Crippen LogP contribution in [0.3, 0.4) is 0 Å². The second kappa shape index (κ2) is 41.6. The van der Waals surface area contributed by atoms with Crippen LogP contribution in [0.4, 0.5) is 0 Å². The van der Waals surface area contributed by atoms with Gasteiger partial charge in [-0.2, -0.15) is 0 Å². The maximum atomic E-state index is 7.25. The minimum absolute atomic E-state index is 0.125. The van der Waals surface area contributed by atoms with Crippen molar-refractivity contribution in [3.05, 3.63) is 81.2 Å². The van der Waals surface area contributed by atoms with Gasteiger partial charge in [0.05, 0.1) is 0 Å². The maximum Gasteiger partial charge on any atom is -0.423 e. The molecule has 0 aliphatic carbocycles. The summed E-state index contributed by atoms with van der Waals surface area (Å²) in [5, 5.41) is 0. The average Bonchev–Trinajstić information content (AvgIpc) is 3.00. The van der Waals surface area contributed by atoms with Crippen LogP contribution in [0.15, 0.2) is 49.1 Å². The van der Waals surface area contributed by atoms with Gasteiger partial charge in [-0.05, 0) is 61.1 Å². The fraction of sp³-hybridized carbons (Fsp3) is 0.667. The van der Waals surface area contributed by atoms with Crippen molar-refractivity contribution in [1.29, 1.82) is 0 Å². The summed E-state index contributed by atoms with van der Waals surface area (Å²) in [7, 11) is 0. The molecule has 224 valence electrons. The molecule has 2 aromatic rings. The summed E-state index contributed by atoms with van der Waals surface area (Å²) in [6.07, 6.45) is 32.4. The summed E-state index contributed by atoms with van der Waals surface area (Å²) in [6, 6.07) is 8.50. The Morgan fingerprint density at radius 1 is 0.513 bits per heavy atom. The first-order chi connectivity index (χ1) is 19.3. The molecule has 2 aromatic heterocycles. The van der Waals surface area contributed by atoms with E-state index in [1.807, 2.05) is 24.8 Å². The van der Waals surface area contributed by atoms with Crippen LogP contribution in [0, 0.1) is 9.81 Å². The van der Waals surface area contributed by atoms with Crippen LogP contribution in [0.25, 0.3) is 11.2 Å². The van der Waals surface area contributed by atoms with Gasteiger partial charge in [0.15, 0.2) is 0 Å². The second-order valence-corrected chi connectivity index (χ2v) is 22.0. The van der Waals surface area contributed by atoms with E-state index in [0.717, 1.165) is 0 Å². The summed E-state index contributed by atoms with van der Waals surface area (Å²) in [5.41, 5.74) is 14.4. The molecule has 0 aromatic carbocycles. The summed E-state index contributed by atoms with van der Waals surface area (Å²) >= 11 is 6.33. The molecule has 6 nitrogen and oxygen atoms in total. The van der Waals surface area contributed by atoms with Crippen molar-refractivity contribution in [2.24, 2.45) is 0 Å².